The Bertz CT molecular complexity index is 757. The van der Waals surface area contributed by atoms with E-state index < -0.39 is 18.1 Å². The molecule has 25 heavy (non-hydrogen) atoms. The summed E-state index contributed by atoms with van der Waals surface area (Å²) >= 11 is 0. The third-order valence-corrected chi connectivity index (χ3v) is 4.75. The molecule has 0 radical (unpaired) electrons. The number of carbonyl (C=O) groups is 1. The number of aromatic nitrogens is 1. The number of hydrogen-bond donors (Lipinski definition) is 1. The second kappa shape index (κ2) is 7.00. The Labute approximate surface area is 144 Å². The zero-order valence-electron chi connectivity index (χ0n) is 13.9. The summed E-state index contributed by atoms with van der Waals surface area (Å²) in [5.74, 6) is -1.67. The van der Waals surface area contributed by atoms with Gasteiger partial charge in [-0.3, -0.25) is 14.7 Å². The van der Waals surface area contributed by atoms with Gasteiger partial charge in [-0.1, -0.05) is 6.07 Å². The van der Waals surface area contributed by atoms with Gasteiger partial charge in [-0.25, -0.2) is 0 Å². The van der Waals surface area contributed by atoms with E-state index in [1.165, 1.54) is 0 Å². The third kappa shape index (κ3) is 3.92. The Balaban J connectivity index is 1.72. The van der Waals surface area contributed by atoms with Gasteiger partial charge < -0.3 is 5.32 Å². The van der Waals surface area contributed by atoms with E-state index >= 15 is 0 Å². The van der Waals surface area contributed by atoms with Crippen LogP contribution < -0.4 is 5.32 Å². The number of likely N-dealkylation sites (tertiary alicyclic amines) is 1. The third-order valence-electron chi connectivity index (χ3n) is 4.75. The first-order chi connectivity index (χ1) is 11.9. The SMILES string of the molecule is CC(C(=O)Nc1cccc2ncccc12)N1CCCC(C(F)(F)F)C1. The summed E-state index contributed by atoms with van der Waals surface area (Å²) in [6.07, 6.45) is -1.97. The largest absolute Gasteiger partial charge is 0.393 e. The number of carbonyl (C=O) groups excluding carboxylic acids is 1. The minimum atomic E-state index is -4.21. The fourth-order valence-electron chi connectivity index (χ4n) is 3.24. The Morgan fingerprint density at radius 2 is 2.12 bits per heavy atom. The lowest BCUT2D eigenvalue weighted by molar-refractivity contribution is -0.188. The van der Waals surface area contributed by atoms with E-state index in [4.69, 9.17) is 0 Å². The lowest BCUT2D eigenvalue weighted by Gasteiger charge is -2.36. The lowest BCUT2D eigenvalue weighted by Crippen LogP contribution is -2.49. The second-order valence-electron chi connectivity index (χ2n) is 6.42. The van der Waals surface area contributed by atoms with Gasteiger partial charge in [0.1, 0.15) is 0 Å². The average Bonchev–Trinajstić information content (AvgIpc) is 2.61. The standard InChI is InChI=1S/C18H20F3N3O/c1-12(24-10-4-5-13(11-24)18(19,20)21)17(25)23-16-8-2-7-15-14(16)6-3-9-22-15/h2-3,6-9,12-13H,4-5,10-11H2,1H3,(H,23,25). The maximum absolute atomic E-state index is 13.0. The molecule has 2 heterocycles. The van der Waals surface area contributed by atoms with Gasteiger partial charge in [0.15, 0.2) is 0 Å². The van der Waals surface area contributed by atoms with E-state index in [1.54, 1.807) is 36.2 Å². The first-order valence-corrected chi connectivity index (χ1v) is 8.31. The fraction of sp³-hybridized carbons (Fsp3) is 0.444. The molecule has 2 atom stereocenters. The Kier molecular flexibility index (Phi) is 4.94. The molecule has 2 unspecified atom stereocenters. The highest BCUT2D eigenvalue weighted by molar-refractivity contribution is 6.02. The molecule has 4 nitrogen and oxygen atoms in total. The van der Waals surface area contributed by atoms with Crippen LogP contribution >= 0.6 is 0 Å². The summed E-state index contributed by atoms with van der Waals surface area (Å²) < 4.78 is 38.9. The summed E-state index contributed by atoms with van der Waals surface area (Å²) in [6, 6.07) is 8.40. The normalized spacial score (nSPS) is 20.4. The highest BCUT2D eigenvalue weighted by Crippen LogP contribution is 2.33. The van der Waals surface area contributed by atoms with Crippen LogP contribution in [0.4, 0.5) is 18.9 Å². The zero-order valence-corrected chi connectivity index (χ0v) is 13.9. The number of halogens is 3. The molecule has 2 aromatic rings. The van der Waals surface area contributed by atoms with Gasteiger partial charge in [-0.05, 0) is 50.6 Å². The zero-order chi connectivity index (χ0) is 18.0. The van der Waals surface area contributed by atoms with Crippen molar-refractivity contribution in [3.63, 3.8) is 0 Å². The number of fused-ring (bicyclic) bond motifs is 1. The summed E-state index contributed by atoms with van der Waals surface area (Å²) in [5.41, 5.74) is 1.37. The number of hydrogen-bond acceptors (Lipinski definition) is 3. The van der Waals surface area contributed by atoms with E-state index in [0.717, 1.165) is 10.9 Å². The maximum Gasteiger partial charge on any atom is 0.393 e. The van der Waals surface area contributed by atoms with E-state index in [0.29, 0.717) is 18.7 Å². The van der Waals surface area contributed by atoms with Crippen molar-refractivity contribution in [3.05, 3.63) is 36.5 Å². The van der Waals surface area contributed by atoms with Crippen LogP contribution in [-0.4, -0.2) is 41.1 Å². The van der Waals surface area contributed by atoms with Gasteiger partial charge in [-0.15, -0.1) is 0 Å². The van der Waals surface area contributed by atoms with Crippen LogP contribution in [0.1, 0.15) is 19.8 Å². The number of amides is 1. The van der Waals surface area contributed by atoms with Crippen LogP contribution in [0.15, 0.2) is 36.5 Å². The minimum Gasteiger partial charge on any atom is -0.324 e. The van der Waals surface area contributed by atoms with Crippen LogP contribution in [0.3, 0.4) is 0 Å². The lowest BCUT2D eigenvalue weighted by atomic mass is 9.96. The molecule has 1 aromatic carbocycles. The van der Waals surface area contributed by atoms with Crippen molar-refractivity contribution in [2.45, 2.75) is 32.0 Å². The number of alkyl halides is 3. The highest BCUT2D eigenvalue weighted by atomic mass is 19.4. The van der Waals surface area contributed by atoms with Crippen molar-refractivity contribution in [1.82, 2.24) is 9.88 Å². The number of nitrogens with one attached hydrogen (secondary N) is 1. The van der Waals surface area contributed by atoms with Gasteiger partial charge in [0.25, 0.3) is 0 Å². The first kappa shape index (κ1) is 17.7. The van der Waals surface area contributed by atoms with Gasteiger partial charge in [-0.2, -0.15) is 13.2 Å². The number of anilines is 1. The number of pyridine rings is 1. The van der Waals surface area contributed by atoms with Crippen molar-refractivity contribution in [1.29, 1.82) is 0 Å². The van der Waals surface area contributed by atoms with Crippen LogP contribution in [0.5, 0.6) is 0 Å². The molecule has 1 amide bonds. The molecule has 3 rings (SSSR count). The molecule has 1 fully saturated rings. The molecule has 134 valence electrons. The number of benzene rings is 1. The molecule has 0 aliphatic carbocycles. The predicted molar refractivity (Wildman–Crippen MR) is 90.2 cm³/mol. The van der Waals surface area contributed by atoms with E-state index in [1.807, 2.05) is 12.1 Å². The first-order valence-electron chi connectivity index (χ1n) is 8.31. The predicted octanol–water partition coefficient (Wildman–Crippen LogP) is 3.84. The molecule has 0 saturated carbocycles. The quantitative estimate of drug-likeness (QED) is 0.914. The van der Waals surface area contributed by atoms with Crippen LogP contribution in [0.2, 0.25) is 0 Å². The summed E-state index contributed by atoms with van der Waals surface area (Å²) in [6.45, 7) is 2.02. The summed E-state index contributed by atoms with van der Waals surface area (Å²) in [5, 5.41) is 3.64. The van der Waals surface area contributed by atoms with Crippen molar-refractivity contribution in [2.75, 3.05) is 18.4 Å². The summed E-state index contributed by atoms with van der Waals surface area (Å²) in [7, 11) is 0. The van der Waals surface area contributed by atoms with Crippen molar-refractivity contribution in [2.24, 2.45) is 5.92 Å². The number of piperidine rings is 1. The number of nitrogens with zero attached hydrogens (tertiary/aromatic N) is 2. The van der Waals surface area contributed by atoms with Gasteiger partial charge in [0, 0.05) is 18.1 Å². The monoisotopic (exact) mass is 351 g/mol. The van der Waals surface area contributed by atoms with Gasteiger partial charge in [0.2, 0.25) is 5.91 Å². The molecule has 1 aliphatic heterocycles. The second-order valence-corrected chi connectivity index (χ2v) is 6.42. The van der Waals surface area contributed by atoms with Gasteiger partial charge >= 0.3 is 6.18 Å². The molecule has 0 bridgehead atoms. The molecule has 7 heteroatoms. The smallest absolute Gasteiger partial charge is 0.324 e. The van der Waals surface area contributed by atoms with E-state index in [9.17, 15) is 18.0 Å². The molecular formula is C18H20F3N3O. The topological polar surface area (TPSA) is 45.2 Å². The molecule has 1 aliphatic rings. The Morgan fingerprint density at radius 3 is 2.88 bits per heavy atom. The van der Waals surface area contributed by atoms with Crippen molar-refractivity contribution in [3.8, 4) is 0 Å². The van der Waals surface area contributed by atoms with Crippen LogP contribution in [0.25, 0.3) is 10.9 Å². The maximum atomic E-state index is 13.0. The van der Waals surface area contributed by atoms with Crippen LogP contribution in [0, 0.1) is 5.92 Å². The van der Waals surface area contributed by atoms with E-state index in [-0.39, 0.29) is 18.9 Å². The number of rotatable bonds is 3. The van der Waals surface area contributed by atoms with Crippen molar-refractivity contribution >= 4 is 22.5 Å². The molecule has 1 N–H and O–H groups in total. The average molecular weight is 351 g/mol. The summed E-state index contributed by atoms with van der Waals surface area (Å²) in [4.78, 5) is 18.4. The molecule has 0 spiro atoms. The molecule has 1 aromatic heterocycles. The molecule has 1 saturated heterocycles. The van der Waals surface area contributed by atoms with Crippen molar-refractivity contribution < 1.29 is 18.0 Å². The fourth-order valence-corrected chi connectivity index (χ4v) is 3.24. The Hall–Kier alpha value is -2.15. The minimum absolute atomic E-state index is 0.128. The Morgan fingerprint density at radius 1 is 1.32 bits per heavy atom. The molecular weight excluding hydrogens is 331 g/mol. The van der Waals surface area contributed by atoms with Gasteiger partial charge in [0.05, 0.1) is 23.2 Å². The van der Waals surface area contributed by atoms with Crippen LogP contribution in [-0.2, 0) is 4.79 Å². The van der Waals surface area contributed by atoms with E-state index in [2.05, 4.69) is 10.3 Å². The highest BCUT2D eigenvalue weighted by Gasteiger charge is 2.43.